The normalized spacial score (nSPS) is 27.0. The van der Waals surface area contributed by atoms with Crippen molar-refractivity contribution in [2.24, 2.45) is 17.1 Å². The highest BCUT2D eigenvalue weighted by atomic mass is 16.6. The van der Waals surface area contributed by atoms with Gasteiger partial charge in [0.1, 0.15) is 19.1 Å². The van der Waals surface area contributed by atoms with Crippen LogP contribution in [0.2, 0.25) is 0 Å². The zero-order chi connectivity index (χ0) is 19.2. The Balaban J connectivity index is 1.48. The Labute approximate surface area is 159 Å². The molecule has 146 valence electrons. The first-order chi connectivity index (χ1) is 12.9. The van der Waals surface area contributed by atoms with E-state index in [0.29, 0.717) is 50.8 Å². The third kappa shape index (κ3) is 3.25. The van der Waals surface area contributed by atoms with Crippen LogP contribution in [0.25, 0.3) is 0 Å². The van der Waals surface area contributed by atoms with E-state index in [-0.39, 0.29) is 23.3 Å². The number of nitrogens with two attached hydrogens (primary N) is 1. The molecule has 2 amide bonds. The van der Waals surface area contributed by atoms with E-state index in [0.717, 1.165) is 12.1 Å². The van der Waals surface area contributed by atoms with Crippen molar-refractivity contribution >= 4 is 17.5 Å². The standard InChI is InChI=1S/C20H27N3O4/c1-20(2)12-22(7-6-17(20)21)18(24)14-5-8-23(19(14)25)13-3-4-15-16(11-13)27-10-9-26-15/h3-4,11,14,17H,5-10,12,21H2,1-2H3. The number of amides is 2. The summed E-state index contributed by atoms with van der Waals surface area (Å²) in [5, 5.41) is 0. The van der Waals surface area contributed by atoms with Crippen LogP contribution in [0.1, 0.15) is 26.7 Å². The minimum Gasteiger partial charge on any atom is -0.486 e. The molecule has 2 fully saturated rings. The van der Waals surface area contributed by atoms with Gasteiger partial charge in [-0.2, -0.15) is 0 Å². The Kier molecular flexibility index (Phi) is 4.50. The van der Waals surface area contributed by atoms with E-state index in [1.165, 1.54) is 0 Å². The van der Waals surface area contributed by atoms with Crippen molar-refractivity contribution in [2.75, 3.05) is 37.7 Å². The van der Waals surface area contributed by atoms with Crippen molar-refractivity contribution in [2.45, 2.75) is 32.7 Å². The van der Waals surface area contributed by atoms with Gasteiger partial charge in [0, 0.05) is 37.4 Å². The summed E-state index contributed by atoms with van der Waals surface area (Å²) in [6.07, 6.45) is 1.31. The molecule has 0 spiro atoms. The molecular formula is C20H27N3O4. The van der Waals surface area contributed by atoms with Crippen molar-refractivity contribution in [3.8, 4) is 11.5 Å². The minimum atomic E-state index is -0.608. The number of carbonyl (C=O) groups is 2. The fraction of sp³-hybridized carbons (Fsp3) is 0.600. The average Bonchev–Trinajstić information content (AvgIpc) is 3.04. The van der Waals surface area contributed by atoms with E-state index in [1.54, 1.807) is 4.90 Å². The first-order valence-electron chi connectivity index (χ1n) is 9.62. The smallest absolute Gasteiger partial charge is 0.239 e. The van der Waals surface area contributed by atoms with E-state index < -0.39 is 5.92 Å². The van der Waals surface area contributed by atoms with E-state index in [9.17, 15) is 9.59 Å². The van der Waals surface area contributed by atoms with E-state index in [4.69, 9.17) is 15.2 Å². The van der Waals surface area contributed by atoms with Crippen molar-refractivity contribution in [3.63, 3.8) is 0 Å². The third-order valence-corrected chi connectivity index (χ3v) is 5.96. The fourth-order valence-electron chi connectivity index (χ4n) is 4.15. The van der Waals surface area contributed by atoms with Gasteiger partial charge in [0.05, 0.1) is 0 Å². The molecule has 0 radical (unpaired) electrons. The van der Waals surface area contributed by atoms with Gasteiger partial charge < -0.3 is 25.0 Å². The van der Waals surface area contributed by atoms with Crippen LogP contribution in [0.15, 0.2) is 18.2 Å². The predicted molar refractivity (Wildman–Crippen MR) is 101 cm³/mol. The summed E-state index contributed by atoms with van der Waals surface area (Å²) in [4.78, 5) is 29.5. The number of ether oxygens (including phenoxy) is 2. The zero-order valence-electron chi connectivity index (χ0n) is 15.9. The van der Waals surface area contributed by atoms with Crippen LogP contribution in [0, 0.1) is 11.3 Å². The number of likely N-dealkylation sites (tertiary alicyclic amines) is 1. The SMILES string of the molecule is CC1(C)CN(C(=O)C2CCN(c3ccc4c(c3)OCCO4)C2=O)CCC1N. The van der Waals surface area contributed by atoms with Crippen molar-refractivity contribution in [1.82, 2.24) is 4.90 Å². The third-order valence-electron chi connectivity index (χ3n) is 5.96. The van der Waals surface area contributed by atoms with Crippen molar-refractivity contribution in [3.05, 3.63) is 18.2 Å². The summed E-state index contributed by atoms with van der Waals surface area (Å²) in [5.41, 5.74) is 6.79. The first kappa shape index (κ1) is 18.1. The second-order valence-electron chi connectivity index (χ2n) is 8.30. The largest absolute Gasteiger partial charge is 0.486 e. The molecule has 27 heavy (non-hydrogen) atoms. The number of nitrogens with zero attached hydrogens (tertiary/aromatic N) is 2. The van der Waals surface area contributed by atoms with Gasteiger partial charge >= 0.3 is 0 Å². The maximum absolute atomic E-state index is 13.0. The Morgan fingerprint density at radius 2 is 1.89 bits per heavy atom. The molecule has 2 unspecified atom stereocenters. The Morgan fingerprint density at radius 1 is 1.15 bits per heavy atom. The van der Waals surface area contributed by atoms with Crippen LogP contribution in [0.4, 0.5) is 5.69 Å². The molecule has 2 atom stereocenters. The molecule has 7 heteroatoms. The number of anilines is 1. The van der Waals surface area contributed by atoms with Crippen LogP contribution < -0.4 is 20.1 Å². The Bertz CT molecular complexity index is 764. The summed E-state index contributed by atoms with van der Waals surface area (Å²) < 4.78 is 11.1. The summed E-state index contributed by atoms with van der Waals surface area (Å²) >= 11 is 0. The van der Waals surface area contributed by atoms with Gasteiger partial charge in [0.25, 0.3) is 0 Å². The van der Waals surface area contributed by atoms with Crippen molar-refractivity contribution < 1.29 is 19.1 Å². The lowest BCUT2D eigenvalue weighted by Crippen LogP contribution is -2.55. The Hall–Kier alpha value is -2.28. The van der Waals surface area contributed by atoms with Gasteiger partial charge in [0.2, 0.25) is 11.8 Å². The summed E-state index contributed by atoms with van der Waals surface area (Å²) in [6.45, 7) is 6.94. The highest BCUT2D eigenvalue weighted by molar-refractivity contribution is 6.09. The topological polar surface area (TPSA) is 85.1 Å². The van der Waals surface area contributed by atoms with E-state index in [1.807, 2.05) is 23.1 Å². The summed E-state index contributed by atoms with van der Waals surface area (Å²) in [6, 6.07) is 5.57. The monoisotopic (exact) mass is 373 g/mol. The lowest BCUT2D eigenvalue weighted by atomic mass is 9.79. The van der Waals surface area contributed by atoms with Gasteiger partial charge in [-0.15, -0.1) is 0 Å². The number of carbonyl (C=O) groups excluding carboxylic acids is 2. The number of hydrogen-bond donors (Lipinski definition) is 1. The second-order valence-corrected chi connectivity index (χ2v) is 8.30. The minimum absolute atomic E-state index is 0.0694. The van der Waals surface area contributed by atoms with Gasteiger partial charge in [-0.3, -0.25) is 9.59 Å². The number of hydrogen-bond acceptors (Lipinski definition) is 5. The number of fused-ring (bicyclic) bond motifs is 1. The molecular weight excluding hydrogens is 346 g/mol. The molecule has 0 bridgehead atoms. The summed E-state index contributed by atoms with van der Waals surface area (Å²) in [5.74, 6) is 0.525. The predicted octanol–water partition coefficient (Wildman–Crippen LogP) is 1.40. The molecule has 0 aliphatic carbocycles. The van der Waals surface area contributed by atoms with Crippen molar-refractivity contribution in [1.29, 1.82) is 0 Å². The summed E-state index contributed by atoms with van der Waals surface area (Å²) in [7, 11) is 0. The molecule has 4 rings (SSSR count). The number of benzene rings is 1. The molecule has 3 aliphatic rings. The van der Waals surface area contributed by atoms with Crippen LogP contribution in [-0.2, 0) is 9.59 Å². The van der Waals surface area contributed by atoms with Crippen LogP contribution >= 0.6 is 0 Å². The second kappa shape index (κ2) is 6.71. The Morgan fingerprint density at radius 3 is 2.63 bits per heavy atom. The molecule has 3 heterocycles. The lowest BCUT2D eigenvalue weighted by molar-refractivity contribution is -0.142. The van der Waals surface area contributed by atoms with Gasteiger partial charge in [-0.25, -0.2) is 0 Å². The molecule has 3 aliphatic heterocycles. The molecule has 2 N–H and O–H groups in total. The van der Waals surface area contributed by atoms with Crippen LogP contribution in [0.5, 0.6) is 11.5 Å². The van der Waals surface area contributed by atoms with Gasteiger partial charge in [-0.05, 0) is 30.4 Å². The molecule has 1 aromatic carbocycles. The molecule has 7 nitrogen and oxygen atoms in total. The molecule has 0 aromatic heterocycles. The quantitative estimate of drug-likeness (QED) is 0.792. The van der Waals surface area contributed by atoms with Gasteiger partial charge in [0.15, 0.2) is 11.5 Å². The zero-order valence-corrected chi connectivity index (χ0v) is 15.9. The van der Waals surface area contributed by atoms with Crippen LogP contribution in [-0.4, -0.2) is 55.6 Å². The molecule has 2 saturated heterocycles. The maximum Gasteiger partial charge on any atom is 0.239 e. The van der Waals surface area contributed by atoms with Crippen LogP contribution in [0.3, 0.4) is 0 Å². The molecule has 1 aromatic rings. The average molecular weight is 373 g/mol. The van der Waals surface area contributed by atoms with E-state index in [2.05, 4.69) is 13.8 Å². The van der Waals surface area contributed by atoms with E-state index >= 15 is 0 Å². The number of piperidine rings is 1. The fourth-order valence-corrected chi connectivity index (χ4v) is 4.15. The molecule has 0 saturated carbocycles. The highest BCUT2D eigenvalue weighted by Crippen LogP contribution is 2.37. The maximum atomic E-state index is 13.0. The first-order valence-corrected chi connectivity index (χ1v) is 9.62. The highest BCUT2D eigenvalue weighted by Gasteiger charge is 2.43. The van der Waals surface area contributed by atoms with Gasteiger partial charge in [-0.1, -0.05) is 13.8 Å². The number of rotatable bonds is 2. The lowest BCUT2D eigenvalue weighted by Gasteiger charge is -2.43.